The molecule has 3 aromatic rings. The van der Waals surface area contributed by atoms with E-state index >= 15 is 0 Å². The van der Waals surface area contributed by atoms with Crippen LogP contribution in [0.2, 0.25) is 0 Å². The molecule has 1 aliphatic rings. The van der Waals surface area contributed by atoms with Gasteiger partial charge in [-0.2, -0.15) is 4.98 Å². The number of aryl methyl sites for hydroxylation is 1. The van der Waals surface area contributed by atoms with Crippen molar-refractivity contribution < 1.29 is 19.0 Å². The number of nitrogens with one attached hydrogen (secondary N) is 2. The molecule has 0 spiro atoms. The third-order valence-electron chi connectivity index (χ3n) is 6.47. The molecule has 1 aromatic heterocycles. The maximum atomic E-state index is 12.9. The van der Waals surface area contributed by atoms with E-state index in [1.54, 1.807) is 39.7 Å². The predicted molar refractivity (Wildman–Crippen MR) is 144 cm³/mol. The Morgan fingerprint density at radius 1 is 1.08 bits per heavy atom. The van der Waals surface area contributed by atoms with Crippen LogP contribution in [0.3, 0.4) is 0 Å². The smallest absolute Gasteiger partial charge is 0.229 e. The number of rotatable bonds is 10. The van der Waals surface area contributed by atoms with Crippen molar-refractivity contribution in [1.82, 2.24) is 15.3 Å². The van der Waals surface area contributed by atoms with Gasteiger partial charge in [0.05, 0.1) is 27.2 Å². The molecule has 4 rings (SSSR count). The van der Waals surface area contributed by atoms with Crippen molar-refractivity contribution in [2.24, 2.45) is 5.92 Å². The molecule has 1 fully saturated rings. The number of hydrogen-bond acceptors (Lipinski definition) is 8. The Kier molecular flexibility index (Phi) is 8.66. The standard InChI is InChI=1S/C28H35N5O4/c1-19-7-5-8-20(15-19)10-12-29-27(34)21-9-6-14-33(18-21)25-11-13-30-28(32-25)31-22-16-23(35-2)26(37-4)24(17-22)36-3/h5,7-8,11,13,15-17,21H,6,9-10,12,14,18H2,1-4H3,(H,29,34)(H,30,31,32). The summed E-state index contributed by atoms with van der Waals surface area (Å²) in [6.07, 6.45) is 4.34. The number of hydrogen-bond donors (Lipinski definition) is 2. The number of carbonyl (C=O) groups excluding carboxylic acids is 1. The van der Waals surface area contributed by atoms with E-state index in [0.29, 0.717) is 42.0 Å². The average Bonchev–Trinajstić information content (AvgIpc) is 2.92. The first kappa shape index (κ1) is 26.1. The van der Waals surface area contributed by atoms with E-state index < -0.39 is 0 Å². The molecule has 0 aliphatic carbocycles. The fraction of sp³-hybridized carbons (Fsp3) is 0.393. The van der Waals surface area contributed by atoms with Crippen LogP contribution in [0.15, 0.2) is 48.7 Å². The Morgan fingerprint density at radius 2 is 1.86 bits per heavy atom. The topological polar surface area (TPSA) is 97.8 Å². The highest BCUT2D eigenvalue weighted by Gasteiger charge is 2.26. The van der Waals surface area contributed by atoms with Crippen molar-refractivity contribution in [3.05, 3.63) is 59.8 Å². The summed E-state index contributed by atoms with van der Waals surface area (Å²) < 4.78 is 16.3. The Balaban J connectivity index is 1.38. The lowest BCUT2D eigenvalue weighted by atomic mass is 9.97. The van der Waals surface area contributed by atoms with Gasteiger partial charge in [0.1, 0.15) is 5.82 Å². The molecule has 1 saturated heterocycles. The van der Waals surface area contributed by atoms with Gasteiger partial charge in [0.25, 0.3) is 0 Å². The van der Waals surface area contributed by atoms with E-state index in [-0.39, 0.29) is 11.8 Å². The molecule has 1 atom stereocenters. The van der Waals surface area contributed by atoms with Gasteiger partial charge in [-0.05, 0) is 37.8 Å². The molecular weight excluding hydrogens is 470 g/mol. The molecule has 9 heteroatoms. The first-order chi connectivity index (χ1) is 18.0. The van der Waals surface area contributed by atoms with Crippen LogP contribution in [0.5, 0.6) is 17.2 Å². The van der Waals surface area contributed by atoms with Crippen molar-refractivity contribution in [3.8, 4) is 17.2 Å². The zero-order valence-corrected chi connectivity index (χ0v) is 21.9. The second kappa shape index (κ2) is 12.3. The van der Waals surface area contributed by atoms with Crippen molar-refractivity contribution in [2.45, 2.75) is 26.2 Å². The van der Waals surface area contributed by atoms with Crippen LogP contribution in [0.25, 0.3) is 0 Å². The molecule has 1 aliphatic heterocycles. The quantitative estimate of drug-likeness (QED) is 0.425. The van der Waals surface area contributed by atoms with Crippen LogP contribution in [-0.2, 0) is 11.2 Å². The van der Waals surface area contributed by atoms with Crippen molar-refractivity contribution >= 4 is 23.4 Å². The summed E-state index contributed by atoms with van der Waals surface area (Å²) in [5.74, 6) is 2.83. The summed E-state index contributed by atoms with van der Waals surface area (Å²) >= 11 is 0. The third kappa shape index (κ3) is 6.61. The highest BCUT2D eigenvalue weighted by molar-refractivity contribution is 5.79. The molecule has 2 aromatic carbocycles. The molecular formula is C28H35N5O4. The number of ether oxygens (including phenoxy) is 3. The zero-order chi connectivity index (χ0) is 26.2. The van der Waals surface area contributed by atoms with E-state index in [1.165, 1.54) is 11.1 Å². The number of aromatic nitrogens is 2. The Morgan fingerprint density at radius 3 is 2.57 bits per heavy atom. The van der Waals surface area contributed by atoms with Gasteiger partial charge in [-0.3, -0.25) is 4.79 Å². The van der Waals surface area contributed by atoms with Crippen molar-refractivity contribution in [1.29, 1.82) is 0 Å². The molecule has 0 bridgehead atoms. The number of carbonyl (C=O) groups is 1. The summed E-state index contributed by atoms with van der Waals surface area (Å²) in [4.78, 5) is 24.1. The van der Waals surface area contributed by atoms with Gasteiger partial charge in [0, 0.05) is 43.7 Å². The van der Waals surface area contributed by atoms with Gasteiger partial charge in [0.2, 0.25) is 17.6 Å². The monoisotopic (exact) mass is 505 g/mol. The Bertz CT molecular complexity index is 1190. The van der Waals surface area contributed by atoms with E-state index in [9.17, 15) is 4.79 Å². The van der Waals surface area contributed by atoms with Gasteiger partial charge in [-0.15, -0.1) is 0 Å². The van der Waals surface area contributed by atoms with Gasteiger partial charge in [-0.1, -0.05) is 29.8 Å². The van der Waals surface area contributed by atoms with Crippen molar-refractivity contribution in [2.75, 3.05) is 51.2 Å². The fourth-order valence-electron chi connectivity index (χ4n) is 4.61. The van der Waals surface area contributed by atoms with Gasteiger partial charge < -0.3 is 29.7 Å². The number of piperidine rings is 1. The summed E-state index contributed by atoms with van der Waals surface area (Å²) in [5.41, 5.74) is 3.17. The zero-order valence-electron chi connectivity index (χ0n) is 21.9. The van der Waals surface area contributed by atoms with Crippen LogP contribution in [-0.4, -0.2) is 56.8 Å². The normalized spacial score (nSPS) is 15.1. The minimum absolute atomic E-state index is 0.0762. The number of amides is 1. The Labute approximate surface area is 218 Å². The summed E-state index contributed by atoms with van der Waals surface area (Å²) in [6.45, 7) is 4.18. The maximum absolute atomic E-state index is 12.9. The lowest BCUT2D eigenvalue weighted by Crippen LogP contribution is -2.43. The molecule has 37 heavy (non-hydrogen) atoms. The number of benzene rings is 2. The van der Waals surface area contributed by atoms with Gasteiger partial charge in [-0.25, -0.2) is 4.98 Å². The molecule has 9 nitrogen and oxygen atoms in total. The highest BCUT2D eigenvalue weighted by Crippen LogP contribution is 2.40. The maximum Gasteiger partial charge on any atom is 0.229 e. The molecule has 0 saturated carbocycles. The molecule has 0 radical (unpaired) electrons. The van der Waals surface area contributed by atoms with Crippen LogP contribution < -0.4 is 29.7 Å². The fourth-order valence-corrected chi connectivity index (χ4v) is 4.61. The minimum Gasteiger partial charge on any atom is -0.493 e. The summed E-state index contributed by atoms with van der Waals surface area (Å²) in [5, 5.41) is 6.34. The van der Waals surface area contributed by atoms with Crippen LogP contribution in [0.4, 0.5) is 17.5 Å². The van der Waals surface area contributed by atoms with Crippen LogP contribution in [0.1, 0.15) is 24.0 Å². The van der Waals surface area contributed by atoms with E-state index in [1.807, 2.05) is 6.07 Å². The molecule has 2 heterocycles. The second-order valence-corrected chi connectivity index (χ2v) is 9.09. The number of nitrogens with zero attached hydrogens (tertiary/aromatic N) is 3. The Hall–Kier alpha value is -4.01. The molecule has 1 amide bonds. The molecule has 1 unspecified atom stereocenters. The average molecular weight is 506 g/mol. The lowest BCUT2D eigenvalue weighted by Gasteiger charge is -2.33. The summed E-state index contributed by atoms with van der Waals surface area (Å²) in [7, 11) is 4.71. The first-order valence-electron chi connectivity index (χ1n) is 12.5. The van der Waals surface area contributed by atoms with Gasteiger partial charge >= 0.3 is 0 Å². The van der Waals surface area contributed by atoms with Gasteiger partial charge in [0.15, 0.2) is 11.5 Å². The third-order valence-corrected chi connectivity index (χ3v) is 6.47. The highest BCUT2D eigenvalue weighted by atomic mass is 16.5. The van der Waals surface area contributed by atoms with Crippen LogP contribution >= 0.6 is 0 Å². The van der Waals surface area contributed by atoms with E-state index in [2.05, 4.69) is 51.7 Å². The predicted octanol–water partition coefficient (Wildman–Crippen LogP) is 4.13. The van der Waals surface area contributed by atoms with Crippen molar-refractivity contribution in [3.63, 3.8) is 0 Å². The lowest BCUT2D eigenvalue weighted by molar-refractivity contribution is -0.125. The molecule has 2 N–H and O–H groups in total. The molecule has 196 valence electrons. The second-order valence-electron chi connectivity index (χ2n) is 9.09. The van der Waals surface area contributed by atoms with Crippen LogP contribution in [0, 0.1) is 12.8 Å². The number of methoxy groups -OCH3 is 3. The first-order valence-corrected chi connectivity index (χ1v) is 12.5. The summed E-state index contributed by atoms with van der Waals surface area (Å²) in [6, 6.07) is 13.9. The minimum atomic E-state index is -0.0762. The number of anilines is 3. The SMILES string of the molecule is COc1cc(Nc2nccc(N3CCCC(C(=O)NCCc4cccc(C)c4)C3)n2)cc(OC)c1OC. The van der Waals surface area contributed by atoms with E-state index in [0.717, 1.165) is 31.6 Å². The largest absolute Gasteiger partial charge is 0.493 e. The van der Waals surface area contributed by atoms with E-state index in [4.69, 9.17) is 19.2 Å².